The largest absolute Gasteiger partial charge is 0.485 e. The van der Waals surface area contributed by atoms with E-state index in [1.54, 1.807) is 18.2 Å². The third-order valence-electron chi connectivity index (χ3n) is 3.42. The van der Waals surface area contributed by atoms with E-state index in [4.69, 9.17) is 21.1 Å². The number of carbonyl (C=O) groups excluding carboxylic acids is 1. The van der Waals surface area contributed by atoms with Crippen LogP contribution in [0.1, 0.15) is 42.4 Å². The van der Waals surface area contributed by atoms with Crippen molar-refractivity contribution >= 4 is 33.5 Å². The monoisotopic (exact) mass is 428 g/mol. The van der Waals surface area contributed by atoms with E-state index in [-0.39, 0.29) is 22.8 Å². The summed E-state index contributed by atoms with van der Waals surface area (Å²) in [6.45, 7) is 5.99. The highest BCUT2D eigenvalue weighted by atomic mass is 79.9. The normalized spacial score (nSPS) is 11.3. The number of hydrogen-bond acceptors (Lipinski definition) is 5. The lowest BCUT2D eigenvalue weighted by atomic mass is 9.91. The Labute approximate surface area is 158 Å². The van der Waals surface area contributed by atoms with Crippen molar-refractivity contribution in [2.75, 3.05) is 7.11 Å². The van der Waals surface area contributed by atoms with Gasteiger partial charge >= 0.3 is 5.97 Å². The van der Waals surface area contributed by atoms with Crippen molar-refractivity contribution in [2.45, 2.75) is 32.8 Å². The number of halogens is 2. The summed E-state index contributed by atoms with van der Waals surface area (Å²) in [5.74, 6) is -0.178. The Kier molecular flexibility index (Phi) is 5.90. The van der Waals surface area contributed by atoms with Crippen LogP contribution in [0.25, 0.3) is 0 Å². The third-order valence-corrected chi connectivity index (χ3v) is 4.41. The van der Waals surface area contributed by atoms with Gasteiger partial charge in [0.2, 0.25) is 0 Å². The van der Waals surface area contributed by atoms with Gasteiger partial charge in [-0.1, -0.05) is 38.4 Å². The molecule has 0 aliphatic carbocycles. The zero-order valence-electron chi connectivity index (χ0n) is 14.3. The maximum atomic E-state index is 11.7. The minimum Gasteiger partial charge on any atom is -0.485 e. The molecule has 0 amide bonds. The number of hydrogen-bond donors (Lipinski definition) is 1. The Morgan fingerprint density at radius 2 is 2.04 bits per heavy atom. The van der Waals surface area contributed by atoms with Crippen molar-refractivity contribution < 1.29 is 14.3 Å². The standard InChI is InChI=1S/C17H18BrClN2O4/c1-17(2,3)14-13(12(19)15(22)21-20-14)25-8-9-5-6-10(11(18)7-9)16(23)24-4/h5-7H,8H2,1-4H3,(H,21,22). The van der Waals surface area contributed by atoms with Crippen LogP contribution in [0, 0.1) is 0 Å². The molecule has 1 aromatic heterocycles. The van der Waals surface area contributed by atoms with E-state index in [1.165, 1.54) is 7.11 Å². The first-order chi connectivity index (χ1) is 11.6. The molecular weight excluding hydrogens is 412 g/mol. The molecule has 2 aromatic rings. The van der Waals surface area contributed by atoms with Crippen molar-refractivity contribution in [3.8, 4) is 5.75 Å². The van der Waals surface area contributed by atoms with Crippen molar-refractivity contribution in [3.63, 3.8) is 0 Å². The number of methoxy groups -OCH3 is 1. The van der Waals surface area contributed by atoms with Crippen LogP contribution in [-0.2, 0) is 16.8 Å². The predicted molar refractivity (Wildman–Crippen MR) is 98.4 cm³/mol. The van der Waals surface area contributed by atoms with Crippen LogP contribution in [0.2, 0.25) is 5.02 Å². The molecule has 8 heteroatoms. The molecule has 0 saturated carbocycles. The SMILES string of the molecule is COC(=O)c1ccc(COc2c(C(C)(C)C)n[nH]c(=O)c2Cl)cc1Br. The molecule has 134 valence electrons. The number of benzene rings is 1. The Morgan fingerprint density at radius 1 is 1.36 bits per heavy atom. The molecule has 1 aromatic carbocycles. The lowest BCUT2D eigenvalue weighted by molar-refractivity contribution is 0.0599. The summed E-state index contributed by atoms with van der Waals surface area (Å²) < 4.78 is 11.1. The van der Waals surface area contributed by atoms with Crippen molar-refractivity contribution in [1.82, 2.24) is 10.2 Å². The van der Waals surface area contributed by atoms with E-state index in [2.05, 4.69) is 26.1 Å². The average Bonchev–Trinajstić information content (AvgIpc) is 2.54. The molecule has 0 atom stereocenters. The number of esters is 1. The second kappa shape index (κ2) is 7.58. The van der Waals surface area contributed by atoms with Gasteiger partial charge in [0.1, 0.15) is 12.3 Å². The number of aromatic nitrogens is 2. The molecule has 0 aliphatic heterocycles. The lowest BCUT2D eigenvalue weighted by Gasteiger charge is -2.21. The van der Waals surface area contributed by atoms with Crippen molar-refractivity contribution in [2.24, 2.45) is 0 Å². The zero-order valence-corrected chi connectivity index (χ0v) is 16.6. The smallest absolute Gasteiger partial charge is 0.339 e. The number of ether oxygens (including phenoxy) is 2. The molecule has 0 aliphatic rings. The van der Waals surface area contributed by atoms with Crippen LogP contribution in [0.5, 0.6) is 5.75 Å². The van der Waals surface area contributed by atoms with E-state index in [0.717, 1.165) is 5.56 Å². The second-order valence-electron chi connectivity index (χ2n) is 6.39. The molecule has 6 nitrogen and oxygen atoms in total. The Bertz CT molecular complexity index is 859. The molecule has 1 heterocycles. The van der Waals surface area contributed by atoms with Crippen molar-refractivity contribution in [1.29, 1.82) is 0 Å². The highest BCUT2D eigenvalue weighted by Gasteiger charge is 2.25. The maximum Gasteiger partial charge on any atom is 0.339 e. The summed E-state index contributed by atoms with van der Waals surface area (Å²) in [5.41, 5.74) is 0.890. The van der Waals surface area contributed by atoms with Crippen LogP contribution in [0.15, 0.2) is 27.5 Å². The van der Waals surface area contributed by atoms with Gasteiger partial charge in [-0.25, -0.2) is 9.89 Å². The number of aromatic amines is 1. The summed E-state index contributed by atoms with van der Waals surface area (Å²) in [4.78, 5) is 23.4. The highest BCUT2D eigenvalue weighted by molar-refractivity contribution is 9.10. The Balaban J connectivity index is 2.31. The molecule has 0 fully saturated rings. The quantitative estimate of drug-likeness (QED) is 0.747. The maximum absolute atomic E-state index is 11.7. The number of carbonyl (C=O) groups is 1. The molecular formula is C17H18BrClN2O4. The average molecular weight is 430 g/mol. The minimum atomic E-state index is -0.508. The number of nitrogens with zero attached hydrogens (tertiary/aromatic N) is 1. The van der Waals surface area contributed by atoms with E-state index >= 15 is 0 Å². The van der Waals surface area contributed by atoms with Gasteiger partial charge in [0.15, 0.2) is 10.8 Å². The fourth-order valence-electron chi connectivity index (χ4n) is 2.13. The molecule has 0 bridgehead atoms. The van der Waals surface area contributed by atoms with Crippen LogP contribution in [0.3, 0.4) is 0 Å². The molecule has 1 N–H and O–H groups in total. The third kappa shape index (κ3) is 4.41. The fourth-order valence-corrected chi connectivity index (χ4v) is 2.91. The number of nitrogens with one attached hydrogen (secondary N) is 1. The first-order valence-electron chi connectivity index (χ1n) is 7.43. The van der Waals surface area contributed by atoms with Gasteiger partial charge in [0, 0.05) is 9.89 Å². The first-order valence-corrected chi connectivity index (χ1v) is 8.60. The van der Waals surface area contributed by atoms with Gasteiger partial charge in [-0.3, -0.25) is 4.79 Å². The summed E-state index contributed by atoms with van der Waals surface area (Å²) >= 11 is 9.45. The first kappa shape index (κ1) is 19.5. The van der Waals surface area contributed by atoms with Gasteiger partial charge in [-0.15, -0.1) is 0 Å². The number of H-pyrrole nitrogens is 1. The molecule has 0 spiro atoms. The minimum absolute atomic E-state index is 0.0369. The summed E-state index contributed by atoms with van der Waals surface area (Å²) in [6.07, 6.45) is 0. The molecule has 0 unspecified atom stereocenters. The molecule has 2 rings (SSSR count). The second-order valence-corrected chi connectivity index (χ2v) is 7.62. The van der Waals surface area contributed by atoms with E-state index < -0.39 is 11.5 Å². The topological polar surface area (TPSA) is 81.3 Å². The predicted octanol–water partition coefficient (Wildman–Crippen LogP) is 3.85. The molecule has 25 heavy (non-hydrogen) atoms. The molecule has 0 saturated heterocycles. The van der Waals surface area contributed by atoms with E-state index in [0.29, 0.717) is 15.7 Å². The Morgan fingerprint density at radius 3 is 2.60 bits per heavy atom. The van der Waals surface area contributed by atoms with Gasteiger partial charge in [0.25, 0.3) is 5.56 Å². The van der Waals surface area contributed by atoms with Crippen LogP contribution < -0.4 is 10.3 Å². The van der Waals surface area contributed by atoms with Gasteiger partial charge < -0.3 is 9.47 Å². The zero-order chi connectivity index (χ0) is 18.8. The highest BCUT2D eigenvalue weighted by Crippen LogP contribution is 2.33. The van der Waals surface area contributed by atoms with Gasteiger partial charge in [0.05, 0.1) is 12.7 Å². The summed E-state index contributed by atoms with van der Waals surface area (Å²) in [6, 6.07) is 5.12. The Hall–Kier alpha value is -1.86. The summed E-state index contributed by atoms with van der Waals surface area (Å²) in [7, 11) is 1.32. The van der Waals surface area contributed by atoms with E-state index in [1.807, 2.05) is 20.8 Å². The van der Waals surface area contributed by atoms with Crippen molar-refractivity contribution in [3.05, 3.63) is 54.9 Å². The van der Waals surface area contributed by atoms with Gasteiger partial charge in [-0.2, -0.15) is 5.10 Å². The lowest BCUT2D eigenvalue weighted by Crippen LogP contribution is -2.22. The fraction of sp³-hybridized carbons (Fsp3) is 0.353. The number of rotatable bonds is 4. The van der Waals surface area contributed by atoms with Crippen LogP contribution in [-0.4, -0.2) is 23.3 Å². The van der Waals surface area contributed by atoms with Gasteiger partial charge in [-0.05, 0) is 33.6 Å². The van der Waals surface area contributed by atoms with Crippen LogP contribution >= 0.6 is 27.5 Å². The molecule has 0 radical (unpaired) electrons. The summed E-state index contributed by atoms with van der Waals surface area (Å²) in [5, 5.41) is 6.41. The van der Waals surface area contributed by atoms with E-state index in [9.17, 15) is 9.59 Å². The van der Waals surface area contributed by atoms with Crippen LogP contribution in [0.4, 0.5) is 0 Å².